The first kappa shape index (κ1) is 22.0. The Morgan fingerprint density at radius 2 is 1.79 bits per heavy atom. The lowest BCUT2D eigenvalue weighted by Gasteiger charge is -2.46. The van der Waals surface area contributed by atoms with Crippen molar-refractivity contribution < 1.29 is 34.6 Å². The highest BCUT2D eigenvalue weighted by Crippen LogP contribution is 2.38. The van der Waals surface area contributed by atoms with Crippen LogP contribution in [0.4, 0.5) is 0 Å². The fraction of sp³-hybridized carbons (Fsp3) is 0.429. The molecule has 3 rings (SSSR count). The van der Waals surface area contributed by atoms with E-state index >= 15 is 0 Å². The van der Waals surface area contributed by atoms with Crippen LogP contribution in [0.15, 0.2) is 42.5 Å². The molecule has 1 heterocycles. The molecular weight excluding hydrogens is 400 g/mol. The molecule has 0 amide bonds. The molecule has 0 aromatic heterocycles. The smallest absolute Gasteiger partial charge is 0.222 e. The van der Waals surface area contributed by atoms with Crippen LogP contribution in [-0.4, -0.2) is 65.7 Å². The van der Waals surface area contributed by atoms with Gasteiger partial charge in [0.15, 0.2) is 0 Å². The highest BCUT2D eigenvalue weighted by molar-refractivity contribution is 6.31. The number of ether oxygens (including phenoxy) is 3. The normalized spacial score (nSPS) is 29.6. The van der Waals surface area contributed by atoms with Gasteiger partial charge in [0, 0.05) is 17.7 Å². The van der Waals surface area contributed by atoms with E-state index in [0.717, 1.165) is 11.3 Å². The first-order valence-electron chi connectivity index (χ1n) is 9.15. The molecule has 0 spiro atoms. The largest absolute Gasteiger partial charge is 0.497 e. The molecule has 0 aliphatic carbocycles. The van der Waals surface area contributed by atoms with Gasteiger partial charge in [-0.25, -0.2) is 0 Å². The van der Waals surface area contributed by atoms with Gasteiger partial charge in [-0.2, -0.15) is 0 Å². The molecule has 158 valence electrons. The summed E-state index contributed by atoms with van der Waals surface area (Å²) in [5.74, 6) is -1.50. The van der Waals surface area contributed by atoms with E-state index in [2.05, 4.69) is 0 Å². The molecule has 29 heavy (non-hydrogen) atoms. The summed E-state index contributed by atoms with van der Waals surface area (Å²) < 4.78 is 15.8. The summed E-state index contributed by atoms with van der Waals surface area (Å²) in [4.78, 5) is 0. The minimum atomic E-state index is -2.24. The van der Waals surface area contributed by atoms with E-state index < -0.39 is 36.8 Å². The molecule has 0 radical (unpaired) electrons. The Hall–Kier alpha value is -1.71. The molecule has 0 saturated carbocycles. The van der Waals surface area contributed by atoms with E-state index in [0.29, 0.717) is 17.0 Å². The SMILES string of the molecule is COc1ccc(Cc2cc([C@]3(O)O[C@H](CO)[C@@H](OC)[C@H](O)[C@H]3O)ccc2Cl)cc1. The van der Waals surface area contributed by atoms with Crippen LogP contribution in [0.25, 0.3) is 0 Å². The number of aliphatic hydroxyl groups excluding tert-OH is 3. The van der Waals surface area contributed by atoms with Gasteiger partial charge >= 0.3 is 0 Å². The van der Waals surface area contributed by atoms with E-state index in [1.54, 1.807) is 19.2 Å². The predicted molar refractivity (Wildman–Crippen MR) is 106 cm³/mol. The number of hydrogen-bond donors (Lipinski definition) is 4. The van der Waals surface area contributed by atoms with Gasteiger partial charge in [-0.1, -0.05) is 29.8 Å². The highest BCUT2D eigenvalue weighted by atomic mass is 35.5. The number of rotatable bonds is 6. The third-order valence-electron chi connectivity index (χ3n) is 5.22. The zero-order valence-electron chi connectivity index (χ0n) is 16.2. The Morgan fingerprint density at radius 3 is 2.38 bits per heavy atom. The van der Waals surface area contributed by atoms with Gasteiger partial charge in [0.05, 0.1) is 13.7 Å². The maximum atomic E-state index is 11.1. The van der Waals surface area contributed by atoms with Crippen molar-refractivity contribution in [3.8, 4) is 5.75 Å². The van der Waals surface area contributed by atoms with E-state index in [-0.39, 0.29) is 5.56 Å². The third kappa shape index (κ3) is 4.27. The van der Waals surface area contributed by atoms with Crippen LogP contribution < -0.4 is 4.74 Å². The Morgan fingerprint density at radius 1 is 1.10 bits per heavy atom. The van der Waals surface area contributed by atoms with E-state index in [1.807, 2.05) is 24.3 Å². The summed E-state index contributed by atoms with van der Waals surface area (Å²) in [6, 6.07) is 12.2. The molecule has 2 aromatic carbocycles. The molecule has 5 atom stereocenters. The maximum Gasteiger partial charge on any atom is 0.222 e. The lowest BCUT2D eigenvalue weighted by Crippen LogP contribution is -2.64. The number of aliphatic hydroxyl groups is 4. The fourth-order valence-corrected chi connectivity index (χ4v) is 3.75. The molecule has 1 aliphatic rings. The second kappa shape index (κ2) is 8.97. The van der Waals surface area contributed by atoms with Crippen LogP contribution in [0.5, 0.6) is 5.75 Å². The minimum Gasteiger partial charge on any atom is -0.497 e. The fourth-order valence-electron chi connectivity index (χ4n) is 3.57. The minimum absolute atomic E-state index is 0.213. The third-order valence-corrected chi connectivity index (χ3v) is 5.59. The maximum absolute atomic E-state index is 11.1. The molecule has 0 unspecified atom stereocenters. The molecule has 8 heteroatoms. The van der Waals surface area contributed by atoms with Crippen LogP contribution in [-0.2, 0) is 21.7 Å². The van der Waals surface area contributed by atoms with Crippen LogP contribution in [0, 0.1) is 0 Å². The van der Waals surface area contributed by atoms with Crippen molar-refractivity contribution >= 4 is 11.6 Å². The Balaban J connectivity index is 1.92. The number of benzene rings is 2. The van der Waals surface area contributed by atoms with Crippen molar-refractivity contribution in [3.05, 3.63) is 64.2 Å². The second-order valence-electron chi connectivity index (χ2n) is 7.00. The number of methoxy groups -OCH3 is 2. The van der Waals surface area contributed by atoms with Crippen LogP contribution >= 0.6 is 11.6 Å². The van der Waals surface area contributed by atoms with Crippen molar-refractivity contribution in [1.82, 2.24) is 0 Å². The summed E-state index contributed by atoms with van der Waals surface area (Å²) in [6.45, 7) is -0.503. The molecule has 1 aliphatic heterocycles. The molecular formula is C21H25ClO7. The Kier molecular flexibility index (Phi) is 6.80. The van der Waals surface area contributed by atoms with Crippen LogP contribution in [0.2, 0.25) is 5.02 Å². The van der Waals surface area contributed by atoms with E-state index in [9.17, 15) is 20.4 Å². The van der Waals surface area contributed by atoms with Crippen LogP contribution in [0.1, 0.15) is 16.7 Å². The molecule has 7 nitrogen and oxygen atoms in total. The van der Waals surface area contributed by atoms with Gasteiger partial charge < -0.3 is 34.6 Å². The summed E-state index contributed by atoms with van der Waals surface area (Å²) in [6.07, 6.45) is -4.69. The molecule has 2 aromatic rings. The zero-order valence-corrected chi connectivity index (χ0v) is 16.9. The Labute approximate surface area is 174 Å². The van der Waals surface area contributed by atoms with Crippen molar-refractivity contribution in [2.45, 2.75) is 36.6 Å². The molecule has 1 fully saturated rings. The second-order valence-corrected chi connectivity index (χ2v) is 7.41. The number of halogens is 1. The quantitative estimate of drug-likeness (QED) is 0.552. The van der Waals surface area contributed by atoms with Crippen molar-refractivity contribution in [2.24, 2.45) is 0 Å². The standard InChI is InChI=1S/C21H25ClO7/c1-27-15-6-3-12(4-7-15)9-13-10-14(5-8-16(13)22)21(26)20(25)18(24)19(28-2)17(11-23)29-21/h3-8,10,17-20,23-26H,9,11H2,1-2H3/t17-,18+,19-,20-,21+/m1/s1. The zero-order chi connectivity index (χ0) is 21.2. The monoisotopic (exact) mass is 424 g/mol. The summed E-state index contributed by atoms with van der Waals surface area (Å²) in [7, 11) is 2.92. The van der Waals surface area contributed by atoms with Gasteiger partial charge in [-0.15, -0.1) is 0 Å². The first-order chi connectivity index (χ1) is 13.8. The molecule has 0 bridgehead atoms. The van der Waals surface area contributed by atoms with Crippen molar-refractivity contribution in [2.75, 3.05) is 20.8 Å². The van der Waals surface area contributed by atoms with Crippen molar-refractivity contribution in [1.29, 1.82) is 0 Å². The van der Waals surface area contributed by atoms with Gasteiger partial charge in [0.1, 0.15) is 30.2 Å². The molecule has 4 N–H and O–H groups in total. The van der Waals surface area contributed by atoms with Crippen LogP contribution in [0.3, 0.4) is 0 Å². The topological polar surface area (TPSA) is 109 Å². The van der Waals surface area contributed by atoms with Gasteiger partial charge in [-0.3, -0.25) is 0 Å². The first-order valence-corrected chi connectivity index (χ1v) is 9.53. The van der Waals surface area contributed by atoms with Gasteiger partial charge in [-0.05, 0) is 41.8 Å². The van der Waals surface area contributed by atoms with Crippen molar-refractivity contribution in [3.63, 3.8) is 0 Å². The lowest BCUT2D eigenvalue weighted by molar-refractivity contribution is -0.360. The number of hydrogen-bond acceptors (Lipinski definition) is 7. The van der Waals surface area contributed by atoms with Gasteiger partial charge in [0.2, 0.25) is 5.79 Å². The average Bonchev–Trinajstić information content (AvgIpc) is 2.73. The Bertz CT molecular complexity index is 826. The van der Waals surface area contributed by atoms with E-state index in [4.69, 9.17) is 25.8 Å². The predicted octanol–water partition coefficient (Wildman–Crippen LogP) is 1.21. The van der Waals surface area contributed by atoms with Gasteiger partial charge in [0.25, 0.3) is 0 Å². The van der Waals surface area contributed by atoms with E-state index in [1.165, 1.54) is 13.2 Å². The molecule has 1 saturated heterocycles. The average molecular weight is 425 g/mol. The summed E-state index contributed by atoms with van der Waals surface area (Å²) in [5, 5.41) is 42.1. The summed E-state index contributed by atoms with van der Waals surface area (Å²) >= 11 is 6.34. The highest BCUT2D eigenvalue weighted by Gasteiger charge is 2.54. The lowest BCUT2D eigenvalue weighted by atomic mass is 9.87. The summed E-state index contributed by atoms with van der Waals surface area (Å²) in [5.41, 5.74) is 1.88.